The molecule has 3 aromatic rings. The lowest BCUT2D eigenvalue weighted by atomic mass is 9.98. The predicted molar refractivity (Wildman–Crippen MR) is 115 cm³/mol. The van der Waals surface area contributed by atoms with Crippen molar-refractivity contribution in [1.29, 1.82) is 0 Å². The first-order valence-corrected chi connectivity index (χ1v) is 10.5. The van der Waals surface area contributed by atoms with Gasteiger partial charge in [0.25, 0.3) is 11.8 Å². The second-order valence-corrected chi connectivity index (χ2v) is 8.49. The number of likely N-dealkylation sites (N-methyl/N-ethyl adjacent to an activating group) is 1. The van der Waals surface area contributed by atoms with E-state index in [4.69, 9.17) is 0 Å². The fourth-order valence-corrected chi connectivity index (χ4v) is 4.62. The summed E-state index contributed by atoms with van der Waals surface area (Å²) in [6.07, 6.45) is 0.812. The molecule has 5 rings (SSSR count). The lowest BCUT2D eigenvalue weighted by Crippen LogP contribution is -2.34. The number of thiophene rings is 1. The smallest absolute Gasteiger partial charge is 0.324 e. The van der Waals surface area contributed by atoms with Gasteiger partial charge in [0.05, 0.1) is 16.3 Å². The minimum Gasteiger partial charge on any atom is -0.341 e. The summed E-state index contributed by atoms with van der Waals surface area (Å²) in [5.41, 5.74) is 2.75. The van der Waals surface area contributed by atoms with E-state index in [1.165, 1.54) is 12.1 Å². The van der Waals surface area contributed by atoms with E-state index in [9.17, 15) is 19.7 Å². The van der Waals surface area contributed by atoms with Gasteiger partial charge in [-0.1, -0.05) is 11.3 Å². The van der Waals surface area contributed by atoms with Crippen LogP contribution in [0.5, 0.6) is 0 Å². The van der Waals surface area contributed by atoms with Gasteiger partial charge in [0.15, 0.2) is 5.82 Å². The van der Waals surface area contributed by atoms with Crippen LogP contribution in [0.25, 0.3) is 0 Å². The predicted octanol–water partition coefficient (Wildman–Crippen LogP) is 2.88. The van der Waals surface area contributed by atoms with Crippen molar-refractivity contribution >= 4 is 45.5 Å². The summed E-state index contributed by atoms with van der Waals surface area (Å²) in [5, 5.41) is 17.9. The Hall–Kier alpha value is -3.73. The number of nitrogens with one attached hydrogen (secondary N) is 1. The van der Waals surface area contributed by atoms with E-state index >= 15 is 0 Å². The van der Waals surface area contributed by atoms with E-state index < -0.39 is 10.8 Å². The highest BCUT2D eigenvalue weighted by atomic mass is 32.1. The first kappa shape index (κ1) is 19.2. The third-order valence-corrected chi connectivity index (χ3v) is 6.54. The fourth-order valence-electron chi connectivity index (χ4n) is 3.91. The lowest BCUT2D eigenvalue weighted by molar-refractivity contribution is -0.380. The van der Waals surface area contributed by atoms with Crippen molar-refractivity contribution in [1.82, 2.24) is 14.7 Å². The number of nitro groups is 1. The Morgan fingerprint density at radius 2 is 2.03 bits per heavy atom. The fraction of sp³-hybridized carbons (Fsp3) is 0.250. The number of carbonyl (C=O) groups is 2. The van der Waals surface area contributed by atoms with Crippen LogP contribution in [0.15, 0.2) is 36.4 Å². The molecule has 158 valence electrons. The zero-order valence-electron chi connectivity index (χ0n) is 16.6. The molecule has 0 saturated carbocycles. The van der Waals surface area contributed by atoms with Gasteiger partial charge in [0.1, 0.15) is 5.82 Å². The molecule has 1 aromatic carbocycles. The highest BCUT2D eigenvalue weighted by Gasteiger charge is 2.27. The second kappa shape index (κ2) is 7.20. The Balaban J connectivity index is 1.36. The third-order valence-electron chi connectivity index (χ3n) is 5.50. The van der Waals surface area contributed by atoms with Crippen LogP contribution >= 0.6 is 11.3 Å². The number of hydrogen-bond donors (Lipinski definition) is 1. The summed E-state index contributed by atoms with van der Waals surface area (Å²) in [6, 6.07) is 10.4. The van der Waals surface area contributed by atoms with Gasteiger partial charge in [0.2, 0.25) is 0 Å². The van der Waals surface area contributed by atoms with Crippen LogP contribution < -0.4 is 10.2 Å². The maximum Gasteiger partial charge on any atom is 0.324 e. The Morgan fingerprint density at radius 1 is 1.19 bits per heavy atom. The van der Waals surface area contributed by atoms with Crippen LogP contribution in [0.2, 0.25) is 0 Å². The summed E-state index contributed by atoms with van der Waals surface area (Å²) in [5.74, 6) is 0.832. The van der Waals surface area contributed by atoms with Gasteiger partial charge in [-0.15, -0.1) is 0 Å². The van der Waals surface area contributed by atoms with Gasteiger partial charge in [-0.25, -0.2) is 4.68 Å². The van der Waals surface area contributed by atoms with Gasteiger partial charge in [-0.05, 0) is 36.2 Å². The van der Waals surface area contributed by atoms with Crippen LogP contribution in [0.3, 0.4) is 0 Å². The molecule has 0 bridgehead atoms. The molecule has 1 N–H and O–H groups in total. The molecule has 10 nitrogen and oxygen atoms in total. The van der Waals surface area contributed by atoms with Crippen molar-refractivity contribution in [2.45, 2.75) is 13.0 Å². The zero-order chi connectivity index (χ0) is 21.7. The Labute approximate surface area is 180 Å². The quantitative estimate of drug-likeness (QED) is 0.495. The summed E-state index contributed by atoms with van der Waals surface area (Å²) >= 11 is 0.823. The molecule has 2 amide bonds. The molecule has 0 saturated heterocycles. The molecule has 0 spiro atoms. The number of carbonyl (C=O) groups excluding carboxylic acids is 2. The minimum atomic E-state index is -0.519. The van der Waals surface area contributed by atoms with Gasteiger partial charge in [-0.3, -0.25) is 19.7 Å². The van der Waals surface area contributed by atoms with Gasteiger partial charge in [-0.2, -0.15) is 5.10 Å². The SMILES string of the molecule is CN1CCc2cc(N3CCn4nc(NC(=O)c5ccc([N+](=O)[O-])s5)cc43)ccc2C1=O. The van der Waals surface area contributed by atoms with Crippen molar-refractivity contribution in [2.24, 2.45) is 0 Å². The standard InChI is InChI=1S/C20H18N6O4S/c1-23-7-6-12-10-13(2-3-14(12)20(23)28)24-8-9-25-17(24)11-16(22-25)21-19(27)15-4-5-18(31-15)26(29)30/h2-5,10-11H,6-9H2,1H3,(H,21,22,27). The van der Waals surface area contributed by atoms with Crippen molar-refractivity contribution in [3.8, 4) is 0 Å². The summed E-state index contributed by atoms with van der Waals surface area (Å²) in [7, 11) is 1.81. The number of amides is 2. The average molecular weight is 438 g/mol. The first-order chi connectivity index (χ1) is 14.9. The minimum absolute atomic E-state index is 0.0399. The van der Waals surface area contributed by atoms with E-state index in [1.807, 2.05) is 29.9 Å². The van der Waals surface area contributed by atoms with Crippen molar-refractivity contribution < 1.29 is 14.5 Å². The van der Waals surface area contributed by atoms with Crippen LogP contribution in [-0.2, 0) is 13.0 Å². The first-order valence-electron chi connectivity index (χ1n) is 9.70. The monoisotopic (exact) mass is 438 g/mol. The number of fused-ring (bicyclic) bond motifs is 2. The number of nitrogens with zero attached hydrogens (tertiary/aromatic N) is 5. The van der Waals surface area contributed by atoms with Gasteiger partial charge in [0, 0.05) is 43.5 Å². The number of rotatable bonds is 4. The molecular formula is C20H18N6O4S. The Kier molecular flexibility index (Phi) is 4.47. The molecule has 0 aliphatic carbocycles. The van der Waals surface area contributed by atoms with Gasteiger partial charge < -0.3 is 15.1 Å². The normalized spacial score (nSPS) is 15.1. The zero-order valence-corrected chi connectivity index (χ0v) is 17.4. The summed E-state index contributed by atoms with van der Waals surface area (Å²) in [6.45, 7) is 2.10. The lowest BCUT2D eigenvalue weighted by Gasteiger charge is -2.26. The maximum absolute atomic E-state index is 12.4. The Morgan fingerprint density at radius 3 is 2.81 bits per heavy atom. The van der Waals surface area contributed by atoms with E-state index in [2.05, 4.69) is 15.3 Å². The molecule has 0 fully saturated rings. The number of anilines is 3. The number of hydrogen-bond acceptors (Lipinski definition) is 7. The van der Waals surface area contributed by atoms with Crippen molar-refractivity contribution in [3.05, 3.63) is 62.5 Å². The maximum atomic E-state index is 12.4. The largest absolute Gasteiger partial charge is 0.341 e. The summed E-state index contributed by atoms with van der Waals surface area (Å²) in [4.78, 5) is 39.1. The van der Waals surface area contributed by atoms with E-state index in [0.29, 0.717) is 18.9 Å². The van der Waals surface area contributed by atoms with Crippen molar-refractivity contribution in [3.63, 3.8) is 0 Å². The highest BCUT2D eigenvalue weighted by Crippen LogP contribution is 2.34. The molecule has 4 heterocycles. The van der Waals surface area contributed by atoms with Crippen LogP contribution in [0.4, 0.5) is 22.3 Å². The molecule has 2 aromatic heterocycles. The average Bonchev–Trinajstić information content (AvgIpc) is 3.46. The molecule has 31 heavy (non-hydrogen) atoms. The van der Waals surface area contributed by atoms with Crippen LogP contribution in [-0.4, -0.2) is 51.6 Å². The molecule has 0 radical (unpaired) electrons. The summed E-state index contributed by atoms with van der Waals surface area (Å²) < 4.78 is 1.81. The molecule has 0 unspecified atom stereocenters. The molecule has 2 aliphatic rings. The van der Waals surface area contributed by atoms with Crippen LogP contribution in [0.1, 0.15) is 25.6 Å². The highest BCUT2D eigenvalue weighted by molar-refractivity contribution is 7.17. The molecule has 11 heteroatoms. The van der Waals surface area contributed by atoms with Crippen molar-refractivity contribution in [2.75, 3.05) is 30.4 Å². The second-order valence-electron chi connectivity index (χ2n) is 7.43. The van der Waals surface area contributed by atoms with E-state index in [1.54, 1.807) is 11.0 Å². The number of aromatic nitrogens is 2. The Bertz CT molecular complexity index is 1230. The number of benzene rings is 1. The topological polar surface area (TPSA) is 114 Å². The van der Waals surface area contributed by atoms with E-state index in [-0.39, 0.29) is 15.8 Å². The molecule has 0 atom stereocenters. The van der Waals surface area contributed by atoms with Gasteiger partial charge >= 0.3 is 5.00 Å². The molecular weight excluding hydrogens is 420 g/mol. The third kappa shape index (κ3) is 3.32. The van der Waals surface area contributed by atoms with E-state index in [0.717, 1.165) is 46.9 Å². The molecule has 2 aliphatic heterocycles. The van der Waals surface area contributed by atoms with Crippen LogP contribution in [0, 0.1) is 10.1 Å².